The van der Waals surface area contributed by atoms with E-state index in [0.29, 0.717) is 0 Å². The number of rotatable bonds is 5. The lowest BCUT2D eigenvalue weighted by atomic mass is 9.90. The molecule has 0 aliphatic rings. The van der Waals surface area contributed by atoms with Crippen LogP contribution in [-0.4, -0.2) is 0 Å². The first-order chi connectivity index (χ1) is 10.5. The summed E-state index contributed by atoms with van der Waals surface area (Å²) >= 11 is 0. The predicted molar refractivity (Wildman–Crippen MR) is 98.4 cm³/mol. The van der Waals surface area contributed by atoms with Crippen LogP contribution in [0, 0.1) is 20.8 Å². The Morgan fingerprint density at radius 1 is 1.00 bits per heavy atom. The molecular formula is C22H26. The fraction of sp³-hybridized carbons (Fsp3) is 0.273. The molecule has 0 saturated heterocycles. The van der Waals surface area contributed by atoms with Gasteiger partial charge in [-0.3, -0.25) is 0 Å². The molecule has 0 amide bonds. The fourth-order valence-corrected chi connectivity index (χ4v) is 2.94. The van der Waals surface area contributed by atoms with Gasteiger partial charge in [-0.05, 0) is 67.0 Å². The largest absolute Gasteiger partial charge is 0.0991 e. The highest BCUT2D eigenvalue weighted by Gasteiger charge is 2.09. The Morgan fingerprint density at radius 3 is 2.27 bits per heavy atom. The Balaban J connectivity index is 2.42. The Hall–Kier alpha value is -2.08. The molecule has 0 aliphatic heterocycles. The molecule has 0 aliphatic carbocycles. The molecular weight excluding hydrogens is 264 g/mol. The lowest BCUT2D eigenvalue weighted by molar-refractivity contribution is 1.09. The van der Waals surface area contributed by atoms with Gasteiger partial charge in [-0.25, -0.2) is 0 Å². The maximum Gasteiger partial charge on any atom is -0.00197 e. The van der Waals surface area contributed by atoms with E-state index >= 15 is 0 Å². The summed E-state index contributed by atoms with van der Waals surface area (Å²) in [5.41, 5.74) is 9.50. The first kappa shape index (κ1) is 16.3. The van der Waals surface area contributed by atoms with Gasteiger partial charge in [-0.2, -0.15) is 0 Å². The van der Waals surface area contributed by atoms with Crippen LogP contribution in [0.15, 0.2) is 55.1 Å². The molecule has 0 bridgehead atoms. The molecule has 0 saturated carbocycles. The van der Waals surface area contributed by atoms with Crippen molar-refractivity contribution in [1.29, 1.82) is 0 Å². The van der Waals surface area contributed by atoms with Crippen LogP contribution in [0.5, 0.6) is 0 Å². The first-order valence-electron chi connectivity index (χ1n) is 8.02. The van der Waals surface area contributed by atoms with Crippen molar-refractivity contribution in [1.82, 2.24) is 0 Å². The number of hydrogen-bond donors (Lipinski definition) is 0. The molecule has 0 atom stereocenters. The molecule has 0 unspecified atom stereocenters. The van der Waals surface area contributed by atoms with Gasteiger partial charge in [0.1, 0.15) is 0 Å². The van der Waals surface area contributed by atoms with Gasteiger partial charge in [-0.1, -0.05) is 67.6 Å². The smallest absolute Gasteiger partial charge is 0.00197 e. The highest BCUT2D eigenvalue weighted by atomic mass is 14.1. The second kappa shape index (κ2) is 7.26. The molecule has 0 aromatic heterocycles. The standard InChI is InChI=1S/C22H26/c1-6-8-21(14-19-11-9-16(3)10-12-19)22-15-20(7-2)17(4)13-18(22)5/h6,8-13,15H,1,7,14H2,2-5H3/b21-8-. The van der Waals surface area contributed by atoms with Gasteiger partial charge in [0.15, 0.2) is 0 Å². The highest BCUT2D eigenvalue weighted by Crippen LogP contribution is 2.26. The second-order valence-corrected chi connectivity index (χ2v) is 6.04. The highest BCUT2D eigenvalue weighted by molar-refractivity contribution is 5.72. The van der Waals surface area contributed by atoms with Crippen LogP contribution in [0.4, 0.5) is 0 Å². The molecule has 0 heterocycles. The summed E-state index contributed by atoms with van der Waals surface area (Å²) in [6, 6.07) is 13.5. The van der Waals surface area contributed by atoms with Crippen LogP contribution < -0.4 is 0 Å². The lowest BCUT2D eigenvalue weighted by Crippen LogP contribution is -1.98. The number of hydrogen-bond acceptors (Lipinski definition) is 0. The first-order valence-corrected chi connectivity index (χ1v) is 8.02. The van der Waals surface area contributed by atoms with Crippen molar-refractivity contribution >= 4 is 5.57 Å². The lowest BCUT2D eigenvalue weighted by Gasteiger charge is -2.15. The number of allylic oxidation sites excluding steroid dienone is 3. The summed E-state index contributed by atoms with van der Waals surface area (Å²) in [6.07, 6.45) is 6.07. The van der Waals surface area contributed by atoms with Gasteiger partial charge >= 0.3 is 0 Å². The van der Waals surface area contributed by atoms with E-state index < -0.39 is 0 Å². The third-order valence-electron chi connectivity index (χ3n) is 4.24. The molecule has 0 heteroatoms. The van der Waals surface area contributed by atoms with Crippen molar-refractivity contribution in [2.45, 2.75) is 40.5 Å². The van der Waals surface area contributed by atoms with Crippen molar-refractivity contribution in [2.75, 3.05) is 0 Å². The Morgan fingerprint density at radius 2 is 1.68 bits per heavy atom. The van der Waals surface area contributed by atoms with Gasteiger partial charge in [0.25, 0.3) is 0 Å². The maximum absolute atomic E-state index is 3.90. The summed E-state index contributed by atoms with van der Waals surface area (Å²) in [5.74, 6) is 0. The average Bonchev–Trinajstić information content (AvgIpc) is 2.49. The van der Waals surface area contributed by atoms with Gasteiger partial charge in [-0.15, -0.1) is 0 Å². The van der Waals surface area contributed by atoms with Crippen LogP contribution in [-0.2, 0) is 12.8 Å². The monoisotopic (exact) mass is 290 g/mol. The van der Waals surface area contributed by atoms with Crippen molar-refractivity contribution in [3.63, 3.8) is 0 Å². The second-order valence-electron chi connectivity index (χ2n) is 6.04. The summed E-state index contributed by atoms with van der Waals surface area (Å²) in [6.45, 7) is 12.6. The predicted octanol–water partition coefficient (Wildman–Crippen LogP) is 5.99. The summed E-state index contributed by atoms with van der Waals surface area (Å²) in [5, 5.41) is 0. The van der Waals surface area contributed by atoms with E-state index in [4.69, 9.17) is 0 Å². The van der Waals surface area contributed by atoms with Crippen molar-refractivity contribution in [3.05, 3.63) is 88.5 Å². The average molecular weight is 290 g/mol. The molecule has 0 radical (unpaired) electrons. The van der Waals surface area contributed by atoms with E-state index in [1.165, 1.54) is 39.0 Å². The Labute approximate surface area is 135 Å². The number of aryl methyl sites for hydroxylation is 4. The van der Waals surface area contributed by atoms with Gasteiger partial charge in [0, 0.05) is 0 Å². The minimum atomic E-state index is 0.944. The van der Waals surface area contributed by atoms with Crippen LogP contribution in [0.3, 0.4) is 0 Å². The van der Waals surface area contributed by atoms with Crippen LogP contribution in [0.2, 0.25) is 0 Å². The zero-order valence-electron chi connectivity index (χ0n) is 14.2. The van der Waals surface area contributed by atoms with Crippen molar-refractivity contribution in [2.24, 2.45) is 0 Å². The minimum Gasteiger partial charge on any atom is -0.0991 e. The summed E-state index contributed by atoms with van der Waals surface area (Å²) in [4.78, 5) is 0. The van der Waals surface area contributed by atoms with E-state index in [1.54, 1.807) is 0 Å². The van der Waals surface area contributed by atoms with E-state index in [2.05, 4.69) is 76.7 Å². The van der Waals surface area contributed by atoms with E-state index in [0.717, 1.165) is 12.8 Å². The van der Waals surface area contributed by atoms with Crippen molar-refractivity contribution in [3.8, 4) is 0 Å². The molecule has 2 aromatic carbocycles. The van der Waals surface area contributed by atoms with Crippen LogP contribution in [0.25, 0.3) is 5.57 Å². The van der Waals surface area contributed by atoms with Crippen LogP contribution in [0.1, 0.15) is 40.3 Å². The molecule has 0 fully saturated rings. The quantitative estimate of drug-likeness (QED) is 0.594. The molecule has 114 valence electrons. The van der Waals surface area contributed by atoms with Gasteiger partial charge in [0.05, 0.1) is 0 Å². The maximum atomic E-state index is 3.90. The zero-order valence-corrected chi connectivity index (χ0v) is 14.2. The summed E-state index contributed by atoms with van der Waals surface area (Å²) in [7, 11) is 0. The third kappa shape index (κ3) is 3.76. The molecule has 0 spiro atoms. The molecule has 2 aromatic rings. The third-order valence-corrected chi connectivity index (χ3v) is 4.24. The van der Waals surface area contributed by atoms with E-state index in [1.807, 2.05) is 6.08 Å². The SMILES string of the molecule is C=C/C=C(/Cc1ccc(C)cc1)c1cc(CC)c(C)cc1C. The zero-order chi connectivity index (χ0) is 16.1. The Bertz CT molecular complexity index is 685. The van der Waals surface area contributed by atoms with E-state index in [-0.39, 0.29) is 0 Å². The Kier molecular flexibility index (Phi) is 5.38. The summed E-state index contributed by atoms with van der Waals surface area (Å²) < 4.78 is 0. The van der Waals surface area contributed by atoms with Crippen LogP contribution >= 0.6 is 0 Å². The fourth-order valence-electron chi connectivity index (χ4n) is 2.94. The molecule has 0 nitrogen and oxygen atoms in total. The molecule has 0 N–H and O–H groups in total. The molecule has 2 rings (SSSR count). The van der Waals surface area contributed by atoms with Gasteiger partial charge in [0.2, 0.25) is 0 Å². The molecule has 22 heavy (non-hydrogen) atoms. The topological polar surface area (TPSA) is 0 Å². The van der Waals surface area contributed by atoms with Crippen molar-refractivity contribution < 1.29 is 0 Å². The van der Waals surface area contributed by atoms with E-state index in [9.17, 15) is 0 Å². The van der Waals surface area contributed by atoms with Gasteiger partial charge < -0.3 is 0 Å². The normalized spacial score (nSPS) is 11.5. The number of benzene rings is 2. The minimum absolute atomic E-state index is 0.944.